The van der Waals surface area contributed by atoms with Crippen LogP contribution in [0.1, 0.15) is 10.5 Å². The van der Waals surface area contributed by atoms with Crippen LogP contribution < -0.4 is 5.32 Å². The van der Waals surface area contributed by atoms with E-state index in [-0.39, 0.29) is 5.69 Å². The molecule has 0 aliphatic carbocycles. The normalized spacial score (nSPS) is 10.1. The lowest BCUT2D eigenvalue weighted by molar-refractivity contribution is 0.101. The van der Waals surface area contributed by atoms with E-state index in [0.717, 1.165) is 4.90 Å². The number of halogens is 1. The van der Waals surface area contributed by atoms with Crippen molar-refractivity contribution in [3.05, 3.63) is 54.1 Å². The molecule has 0 aliphatic rings. The molecule has 0 unspecified atom stereocenters. The third kappa shape index (κ3) is 2.87. The summed E-state index contributed by atoms with van der Waals surface area (Å²) in [6.45, 7) is 0. The third-order valence-corrected chi connectivity index (χ3v) is 3.03. The number of carbonyl (C=O) groups excluding carboxylic acids is 1. The zero-order valence-electron chi connectivity index (χ0n) is 9.68. The number of nitrogens with zero attached hydrogens (tertiary/aromatic N) is 1. The summed E-state index contributed by atoms with van der Waals surface area (Å²) in [5.41, 5.74) is 0.420. The Hall–Kier alpha value is -1.88. The van der Waals surface area contributed by atoms with Gasteiger partial charge in [-0.15, -0.1) is 11.8 Å². The smallest absolute Gasteiger partial charge is 0.277 e. The first-order valence-corrected chi connectivity index (χ1v) is 6.49. The van der Waals surface area contributed by atoms with Crippen LogP contribution in [0, 0.1) is 5.82 Å². The number of hydrogen-bond donors (Lipinski definition) is 1. The van der Waals surface area contributed by atoms with Crippen molar-refractivity contribution in [2.45, 2.75) is 4.90 Å². The molecule has 1 amide bonds. The van der Waals surface area contributed by atoms with Crippen molar-refractivity contribution < 1.29 is 9.18 Å². The molecule has 1 heterocycles. The van der Waals surface area contributed by atoms with Gasteiger partial charge in [-0.1, -0.05) is 6.07 Å². The zero-order valence-corrected chi connectivity index (χ0v) is 10.5. The summed E-state index contributed by atoms with van der Waals surface area (Å²) in [6, 6.07) is 9.99. The fourth-order valence-electron chi connectivity index (χ4n) is 1.44. The summed E-state index contributed by atoms with van der Waals surface area (Å²) in [5.74, 6) is -1.18. The van der Waals surface area contributed by atoms with Gasteiger partial charge in [-0.25, -0.2) is 9.37 Å². The Morgan fingerprint density at radius 1 is 1.33 bits per heavy atom. The second-order valence-corrected chi connectivity index (χ2v) is 4.40. The summed E-state index contributed by atoms with van der Waals surface area (Å²) < 4.78 is 13.4. The Morgan fingerprint density at radius 2 is 2.17 bits per heavy atom. The first-order valence-electron chi connectivity index (χ1n) is 5.26. The highest BCUT2D eigenvalue weighted by Crippen LogP contribution is 2.19. The molecule has 0 radical (unpaired) electrons. The fraction of sp³-hybridized carbons (Fsp3) is 0.0769. The number of hydrogen-bond acceptors (Lipinski definition) is 3. The summed E-state index contributed by atoms with van der Waals surface area (Å²) in [7, 11) is 0. The molecule has 0 atom stereocenters. The van der Waals surface area contributed by atoms with Crippen LogP contribution in [0.4, 0.5) is 10.1 Å². The SMILES string of the molecule is CSc1cccc(NC(=O)c2ncccc2F)c1. The molecule has 1 aromatic heterocycles. The average Bonchev–Trinajstić information content (AvgIpc) is 2.39. The molecule has 0 saturated carbocycles. The molecule has 18 heavy (non-hydrogen) atoms. The first kappa shape index (κ1) is 12.6. The van der Waals surface area contributed by atoms with Crippen LogP contribution in [0.25, 0.3) is 0 Å². The Bertz CT molecular complexity index is 574. The number of rotatable bonds is 3. The van der Waals surface area contributed by atoms with Crippen molar-refractivity contribution in [3.63, 3.8) is 0 Å². The summed E-state index contributed by atoms with van der Waals surface area (Å²) >= 11 is 1.57. The number of nitrogens with one attached hydrogen (secondary N) is 1. The van der Waals surface area contributed by atoms with Gasteiger partial charge in [-0.05, 0) is 36.6 Å². The van der Waals surface area contributed by atoms with Gasteiger partial charge in [0.2, 0.25) is 0 Å². The Morgan fingerprint density at radius 3 is 2.89 bits per heavy atom. The second-order valence-electron chi connectivity index (χ2n) is 3.52. The van der Waals surface area contributed by atoms with Crippen LogP contribution in [-0.2, 0) is 0 Å². The highest BCUT2D eigenvalue weighted by molar-refractivity contribution is 7.98. The molecule has 0 aliphatic heterocycles. The Labute approximate surface area is 108 Å². The molecular formula is C13H11FN2OS. The van der Waals surface area contributed by atoms with E-state index in [1.165, 1.54) is 18.3 Å². The van der Waals surface area contributed by atoms with Crippen molar-refractivity contribution in [2.75, 3.05) is 11.6 Å². The van der Waals surface area contributed by atoms with E-state index in [9.17, 15) is 9.18 Å². The summed E-state index contributed by atoms with van der Waals surface area (Å²) in [6.07, 6.45) is 3.33. The van der Waals surface area contributed by atoms with Crippen LogP contribution >= 0.6 is 11.8 Å². The maximum Gasteiger partial charge on any atom is 0.277 e. The standard InChI is InChI=1S/C13H11FN2OS/c1-18-10-5-2-4-9(8-10)16-13(17)12-11(14)6-3-7-15-12/h2-8H,1H3,(H,16,17). The monoisotopic (exact) mass is 262 g/mol. The van der Waals surface area contributed by atoms with Gasteiger partial charge < -0.3 is 5.32 Å². The number of anilines is 1. The Balaban J connectivity index is 2.19. The minimum absolute atomic E-state index is 0.202. The lowest BCUT2D eigenvalue weighted by atomic mass is 10.3. The number of thioether (sulfide) groups is 1. The van der Waals surface area contributed by atoms with E-state index < -0.39 is 11.7 Å². The molecule has 3 nitrogen and oxygen atoms in total. The van der Waals surface area contributed by atoms with Crippen molar-refractivity contribution >= 4 is 23.4 Å². The molecule has 0 bridgehead atoms. The van der Waals surface area contributed by atoms with Crippen molar-refractivity contribution in [1.29, 1.82) is 0 Å². The first-order chi connectivity index (χ1) is 8.70. The van der Waals surface area contributed by atoms with E-state index in [0.29, 0.717) is 5.69 Å². The van der Waals surface area contributed by atoms with Crippen LogP contribution in [0.2, 0.25) is 0 Å². The van der Waals surface area contributed by atoms with E-state index >= 15 is 0 Å². The van der Waals surface area contributed by atoms with Crippen LogP contribution in [0.15, 0.2) is 47.5 Å². The van der Waals surface area contributed by atoms with Crippen LogP contribution in [0.5, 0.6) is 0 Å². The van der Waals surface area contributed by atoms with Gasteiger partial charge in [0, 0.05) is 16.8 Å². The number of amides is 1. The lowest BCUT2D eigenvalue weighted by Gasteiger charge is -2.06. The van der Waals surface area contributed by atoms with Crippen LogP contribution in [-0.4, -0.2) is 17.1 Å². The van der Waals surface area contributed by atoms with Crippen molar-refractivity contribution in [2.24, 2.45) is 0 Å². The van der Waals surface area contributed by atoms with Gasteiger partial charge in [0.25, 0.3) is 5.91 Å². The van der Waals surface area contributed by atoms with E-state index in [1.54, 1.807) is 17.8 Å². The lowest BCUT2D eigenvalue weighted by Crippen LogP contribution is -2.15. The van der Waals surface area contributed by atoms with E-state index in [2.05, 4.69) is 10.3 Å². The molecule has 0 saturated heterocycles. The van der Waals surface area contributed by atoms with Gasteiger partial charge in [0.05, 0.1) is 0 Å². The fourth-order valence-corrected chi connectivity index (χ4v) is 1.90. The topological polar surface area (TPSA) is 42.0 Å². The van der Waals surface area contributed by atoms with E-state index in [4.69, 9.17) is 0 Å². The number of aromatic nitrogens is 1. The molecule has 1 aromatic carbocycles. The van der Waals surface area contributed by atoms with E-state index in [1.807, 2.05) is 24.5 Å². The third-order valence-electron chi connectivity index (χ3n) is 2.30. The van der Waals surface area contributed by atoms with Crippen molar-refractivity contribution in [1.82, 2.24) is 4.98 Å². The zero-order chi connectivity index (χ0) is 13.0. The summed E-state index contributed by atoms with van der Waals surface area (Å²) in [5, 5.41) is 2.62. The molecule has 5 heteroatoms. The maximum absolute atomic E-state index is 13.4. The maximum atomic E-state index is 13.4. The number of benzene rings is 1. The average molecular weight is 262 g/mol. The number of pyridine rings is 1. The molecule has 2 rings (SSSR count). The molecule has 0 spiro atoms. The highest BCUT2D eigenvalue weighted by Gasteiger charge is 2.12. The minimum Gasteiger partial charge on any atom is -0.321 e. The predicted octanol–water partition coefficient (Wildman–Crippen LogP) is 3.19. The molecule has 92 valence electrons. The second kappa shape index (κ2) is 5.64. The molecule has 1 N–H and O–H groups in total. The van der Waals surface area contributed by atoms with Gasteiger partial charge in [0.1, 0.15) is 0 Å². The quantitative estimate of drug-likeness (QED) is 0.864. The molecule has 2 aromatic rings. The largest absolute Gasteiger partial charge is 0.321 e. The molecular weight excluding hydrogens is 251 g/mol. The number of carbonyl (C=O) groups is 1. The van der Waals surface area contributed by atoms with Crippen LogP contribution in [0.3, 0.4) is 0 Å². The highest BCUT2D eigenvalue weighted by atomic mass is 32.2. The Kier molecular flexibility index (Phi) is 3.94. The minimum atomic E-state index is -0.629. The summed E-state index contributed by atoms with van der Waals surface area (Å²) in [4.78, 5) is 16.6. The molecule has 0 fully saturated rings. The van der Waals surface area contributed by atoms with Gasteiger partial charge in [-0.3, -0.25) is 4.79 Å². The van der Waals surface area contributed by atoms with Crippen molar-refractivity contribution in [3.8, 4) is 0 Å². The van der Waals surface area contributed by atoms with Gasteiger partial charge in [-0.2, -0.15) is 0 Å². The predicted molar refractivity (Wildman–Crippen MR) is 70.4 cm³/mol. The van der Waals surface area contributed by atoms with Gasteiger partial charge >= 0.3 is 0 Å². The van der Waals surface area contributed by atoms with Gasteiger partial charge in [0.15, 0.2) is 11.5 Å².